The van der Waals surface area contributed by atoms with Crippen LogP contribution in [-0.2, 0) is 0 Å². The Morgan fingerprint density at radius 3 is 2.57 bits per heavy atom. The first-order valence-electron chi connectivity index (χ1n) is 5.98. The van der Waals surface area contributed by atoms with E-state index in [1.165, 1.54) is 6.07 Å². The lowest BCUT2D eigenvalue weighted by atomic mass is 10.1. The summed E-state index contributed by atoms with van der Waals surface area (Å²) < 4.78 is 39.9. The van der Waals surface area contributed by atoms with Gasteiger partial charge in [0.15, 0.2) is 17.5 Å². The summed E-state index contributed by atoms with van der Waals surface area (Å²) in [6.07, 6.45) is 0. The summed E-state index contributed by atoms with van der Waals surface area (Å²) in [6.45, 7) is 2.19. The molecule has 0 radical (unpaired) electrons. The van der Waals surface area contributed by atoms with E-state index in [-0.39, 0.29) is 22.8 Å². The number of halogens is 3. The molecule has 1 heterocycles. The number of hydrogen-bond acceptors (Lipinski definition) is 4. The van der Waals surface area contributed by atoms with Gasteiger partial charge in [0, 0.05) is 18.2 Å². The predicted molar refractivity (Wildman–Crippen MR) is 70.4 cm³/mol. The quantitative estimate of drug-likeness (QED) is 0.532. The lowest BCUT2D eigenvalue weighted by Gasteiger charge is -2.08. The van der Waals surface area contributed by atoms with Crippen molar-refractivity contribution in [2.45, 2.75) is 6.92 Å². The molecule has 2 aromatic rings. The van der Waals surface area contributed by atoms with E-state index >= 15 is 0 Å². The van der Waals surface area contributed by atoms with E-state index in [0.29, 0.717) is 6.54 Å². The average Bonchev–Trinajstić information content (AvgIpc) is 2.45. The zero-order valence-electron chi connectivity index (χ0n) is 10.9. The highest BCUT2D eigenvalue weighted by atomic mass is 19.2. The molecule has 5 nitrogen and oxygen atoms in total. The van der Waals surface area contributed by atoms with Gasteiger partial charge in [-0.05, 0) is 19.1 Å². The molecule has 1 N–H and O–H groups in total. The first-order valence-corrected chi connectivity index (χ1v) is 5.98. The molecule has 2 rings (SSSR count). The van der Waals surface area contributed by atoms with E-state index < -0.39 is 22.4 Å². The van der Waals surface area contributed by atoms with Crippen LogP contribution in [0.5, 0.6) is 0 Å². The van der Waals surface area contributed by atoms with Gasteiger partial charge in [0.1, 0.15) is 5.82 Å². The van der Waals surface area contributed by atoms with E-state index in [0.717, 1.165) is 18.2 Å². The van der Waals surface area contributed by atoms with E-state index in [2.05, 4.69) is 10.3 Å². The van der Waals surface area contributed by atoms with E-state index in [1.807, 2.05) is 0 Å². The molecule has 110 valence electrons. The van der Waals surface area contributed by atoms with Gasteiger partial charge in [0.2, 0.25) is 0 Å². The normalized spacial score (nSPS) is 10.5. The third-order valence-corrected chi connectivity index (χ3v) is 2.69. The molecule has 0 saturated heterocycles. The second-order valence-electron chi connectivity index (χ2n) is 4.11. The van der Waals surface area contributed by atoms with Crippen molar-refractivity contribution in [3.8, 4) is 11.3 Å². The molecule has 1 aromatic carbocycles. The average molecular weight is 297 g/mol. The van der Waals surface area contributed by atoms with Crippen molar-refractivity contribution < 1.29 is 18.1 Å². The number of nitrogens with zero attached hydrogens (tertiary/aromatic N) is 2. The predicted octanol–water partition coefficient (Wildman–Crippen LogP) is 3.51. The molecular weight excluding hydrogens is 287 g/mol. The SMILES string of the molecule is CCNc1cc([N+](=O)[O-])cc(-c2ccc(F)c(F)c2F)n1. The Labute approximate surface area is 117 Å². The molecule has 0 atom stereocenters. The monoisotopic (exact) mass is 297 g/mol. The third-order valence-electron chi connectivity index (χ3n) is 2.69. The van der Waals surface area contributed by atoms with Gasteiger partial charge in [-0.25, -0.2) is 18.2 Å². The highest BCUT2D eigenvalue weighted by Gasteiger charge is 2.19. The summed E-state index contributed by atoms with van der Waals surface area (Å²) in [6, 6.07) is 3.89. The molecule has 8 heteroatoms. The molecule has 0 fully saturated rings. The molecule has 21 heavy (non-hydrogen) atoms. The van der Waals surface area contributed by atoms with Crippen molar-refractivity contribution in [3.05, 3.63) is 51.8 Å². The Balaban J connectivity index is 2.63. The van der Waals surface area contributed by atoms with E-state index in [9.17, 15) is 23.3 Å². The Bertz CT molecular complexity index is 707. The Kier molecular flexibility index (Phi) is 4.06. The number of benzene rings is 1. The minimum absolute atomic E-state index is 0.144. The maximum absolute atomic E-state index is 13.8. The van der Waals surface area contributed by atoms with Gasteiger partial charge < -0.3 is 5.32 Å². The number of nitrogens with one attached hydrogen (secondary N) is 1. The van der Waals surface area contributed by atoms with Crippen LogP contribution in [0.3, 0.4) is 0 Å². The molecule has 0 aliphatic heterocycles. The van der Waals surface area contributed by atoms with Crippen LogP contribution in [0.15, 0.2) is 24.3 Å². The van der Waals surface area contributed by atoms with E-state index in [1.54, 1.807) is 6.92 Å². The Morgan fingerprint density at radius 1 is 1.24 bits per heavy atom. The van der Waals surface area contributed by atoms with Gasteiger partial charge >= 0.3 is 0 Å². The Morgan fingerprint density at radius 2 is 1.95 bits per heavy atom. The number of hydrogen-bond donors (Lipinski definition) is 1. The van der Waals surface area contributed by atoms with Crippen LogP contribution in [0.4, 0.5) is 24.7 Å². The highest BCUT2D eigenvalue weighted by molar-refractivity contribution is 5.66. The van der Waals surface area contributed by atoms with Crippen LogP contribution < -0.4 is 5.32 Å². The Hall–Kier alpha value is -2.64. The van der Waals surface area contributed by atoms with Crippen LogP contribution >= 0.6 is 0 Å². The summed E-state index contributed by atoms with van der Waals surface area (Å²) in [7, 11) is 0. The van der Waals surface area contributed by atoms with Crippen molar-refractivity contribution in [1.29, 1.82) is 0 Å². The van der Waals surface area contributed by atoms with Gasteiger partial charge in [0.25, 0.3) is 5.69 Å². The van der Waals surface area contributed by atoms with Gasteiger partial charge in [-0.3, -0.25) is 10.1 Å². The first kappa shape index (κ1) is 14.8. The van der Waals surface area contributed by atoms with Crippen LogP contribution in [0.25, 0.3) is 11.3 Å². The molecule has 0 unspecified atom stereocenters. The number of aromatic nitrogens is 1. The standard InChI is InChI=1S/C13H10F3N3O2/c1-2-17-11-6-7(19(20)21)5-10(18-11)8-3-4-9(14)13(16)12(8)15/h3-6H,2H2,1H3,(H,17,18). The fraction of sp³-hybridized carbons (Fsp3) is 0.154. The van der Waals surface area contributed by atoms with Crippen molar-refractivity contribution in [2.24, 2.45) is 0 Å². The number of rotatable bonds is 4. The zero-order valence-corrected chi connectivity index (χ0v) is 10.9. The van der Waals surface area contributed by atoms with Gasteiger partial charge in [-0.2, -0.15) is 0 Å². The topological polar surface area (TPSA) is 68.1 Å². The molecule has 0 bridgehead atoms. The second kappa shape index (κ2) is 5.78. The minimum Gasteiger partial charge on any atom is -0.370 e. The largest absolute Gasteiger partial charge is 0.370 e. The number of anilines is 1. The first-order chi connectivity index (χ1) is 9.93. The van der Waals surface area contributed by atoms with Crippen LogP contribution in [0.1, 0.15) is 6.92 Å². The van der Waals surface area contributed by atoms with Gasteiger partial charge in [-0.1, -0.05) is 0 Å². The van der Waals surface area contributed by atoms with Crippen LogP contribution in [-0.4, -0.2) is 16.5 Å². The molecule has 0 amide bonds. The second-order valence-corrected chi connectivity index (χ2v) is 4.11. The summed E-state index contributed by atoms with van der Waals surface area (Å²) in [5, 5.41) is 13.6. The lowest BCUT2D eigenvalue weighted by Crippen LogP contribution is -2.03. The van der Waals surface area contributed by atoms with Crippen molar-refractivity contribution in [2.75, 3.05) is 11.9 Å². The van der Waals surface area contributed by atoms with Crippen LogP contribution in [0, 0.1) is 27.6 Å². The molecule has 1 aromatic heterocycles. The zero-order chi connectivity index (χ0) is 15.6. The van der Waals surface area contributed by atoms with E-state index in [4.69, 9.17) is 0 Å². The summed E-state index contributed by atoms with van der Waals surface area (Å²) in [5.74, 6) is -4.28. The summed E-state index contributed by atoms with van der Waals surface area (Å²) in [5.41, 5.74) is -0.839. The van der Waals surface area contributed by atoms with Gasteiger partial charge in [-0.15, -0.1) is 0 Å². The fourth-order valence-electron chi connectivity index (χ4n) is 1.75. The fourth-order valence-corrected chi connectivity index (χ4v) is 1.75. The molecule has 0 saturated carbocycles. The summed E-state index contributed by atoms with van der Waals surface area (Å²) in [4.78, 5) is 14.2. The number of pyridine rings is 1. The molecule has 0 aliphatic carbocycles. The molecular formula is C13H10F3N3O2. The van der Waals surface area contributed by atoms with Gasteiger partial charge in [0.05, 0.1) is 16.7 Å². The van der Waals surface area contributed by atoms with Crippen LogP contribution in [0.2, 0.25) is 0 Å². The smallest absolute Gasteiger partial charge is 0.275 e. The highest BCUT2D eigenvalue weighted by Crippen LogP contribution is 2.29. The maximum Gasteiger partial charge on any atom is 0.275 e. The third kappa shape index (κ3) is 2.93. The maximum atomic E-state index is 13.8. The number of nitro groups is 1. The summed E-state index contributed by atoms with van der Waals surface area (Å²) >= 11 is 0. The minimum atomic E-state index is -1.65. The van der Waals surface area contributed by atoms with Crippen molar-refractivity contribution in [3.63, 3.8) is 0 Å². The van der Waals surface area contributed by atoms with Crippen molar-refractivity contribution in [1.82, 2.24) is 4.98 Å². The molecule has 0 spiro atoms. The molecule has 0 aliphatic rings. The van der Waals surface area contributed by atoms with Crippen molar-refractivity contribution >= 4 is 11.5 Å². The lowest BCUT2D eigenvalue weighted by molar-refractivity contribution is -0.384.